The van der Waals surface area contributed by atoms with Gasteiger partial charge in [0.05, 0.1) is 6.61 Å². The lowest BCUT2D eigenvalue weighted by Gasteiger charge is -2.02. The van der Waals surface area contributed by atoms with E-state index in [-0.39, 0.29) is 6.61 Å². The molecular formula is C10H10BrNOS. The van der Waals surface area contributed by atoms with Crippen LogP contribution in [0.5, 0.6) is 0 Å². The number of hydrogen-bond donors (Lipinski definition) is 2. The first-order valence-corrected chi connectivity index (χ1v) is 6.21. The molecule has 0 aliphatic rings. The fourth-order valence-electron chi connectivity index (χ4n) is 1.52. The summed E-state index contributed by atoms with van der Waals surface area (Å²) >= 11 is 5.02. The fraction of sp³-hybridized carbons (Fsp3) is 0.200. The quantitative estimate of drug-likeness (QED) is 0.652. The van der Waals surface area contributed by atoms with Gasteiger partial charge in [-0.15, -0.1) is 11.3 Å². The highest BCUT2D eigenvalue weighted by atomic mass is 79.9. The van der Waals surface area contributed by atoms with E-state index >= 15 is 0 Å². The zero-order valence-electron chi connectivity index (χ0n) is 7.46. The molecule has 2 nitrogen and oxygen atoms in total. The van der Waals surface area contributed by atoms with Gasteiger partial charge in [-0.1, -0.05) is 15.9 Å². The molecule has 0 saturated carbocycles. The largest absolute Gasteiger partial charge is 0.398 e. The third kappa shape index (κ3) is 1.54. The smallest absolute Gasteiger partial charge is 0.0696 e. The molecule has 1 heterocycles. The zero-order chi connectivity index (χ0) is 10.1. The third-order valence-electron chi connectivity index (χ3n) is 2.17. The molecule has 0 atom stereocenters. The highest BCUT2D eigenvalue weighted by Gasteiger charge is 2.07. The van der Waals surface area contributed by atoms with Crippen LogP contribution in [-0.2, 0) is 11.9 Å². The number of nitrogens with two attached hydrogens (primary N) is 1. The van der Waals surface area contributed by atoms with Crippen molar-refractivity contribution in [2.75, 3.05) is 5.73 Å². The van der Waals surface area contributed by atoms with Gasteiger partial charge in [-0.25, -0.2) is 0 Å². The average molecular weight is 272 g/mol. The van der Waals surface area contributed by atoms with E-state index in [0.717, 1.165) is 26.7 Å². The Hall–Kier alpha value is -0.580. The molecule has 0 radical (unpaired) electrons. The molecule has 2 rings (SSSR count). The Kier molecular flexibility index (Phi) is 2.76. The monoisotopic (exact) mass is 271 g/mol. The second-order valence-electron chi connectivity index (χ2n) is 3.11. The van der Waals surface area contributed by atoms with E-state index in [1.807, 2.05) is 11.4 Å². The maximum absolute atomic E-state index is 9.12. The van der Waals surface area contributed by atoms with Crippen LogP contribution in [0.15, 0.2) is 17.5 Å². The normalized spacial score (nSPS) is 11.0. The van der Waals surface area contributed by atoms with Crippen molar-refractivity contribution in [1.29, 1.82) is 0 Å². The van der Waals surface area contributed by atoms with Crippen LogP contribution in [0.3, 0.4) is 0 Å². The van der Waals surface area contributed by atoms with Crippen molar-refractivity contribution < 1.29 is 5.11 Å². The molecule has 2 aromatic rings. The van der Waals surface area contributed by atoms with E-state index in [1.165, 1.54) is 5.56 Å². The van der Waals surface area contributed by atoms with Crippen molar-refractivity contribution in [2.24, 2.45) is 0 Å². The summed E-state index contributed by atoms with van der Waals surface area (Å²) in [6.45, 7) is 0.0534. The number of aliphatic hydroxyl groups excluding tert-OH is 1. The molecule has 3 N–H and O–H groups in total. The van der Waals surface area contributed by atoms with Gasteiger partial charge in [-0.2, -0.15) is 0 Å². The number of anilines is 1. The third-order valence-corrected chi connectivity index (χ3v) is 3.79. The van der Waals surface area contributed by atoms with Gasteiger partial charge in [0.2, 0.25) is 0 Å². The van der Waals surface area contributed by atoms with Crippen molar-refractivity contribution in [1.82, 2.24) is 0 Å². The second kappa shape index (κ2) is 3.88. The van der Waals surface area contributed by atoms with Crippen LogP contribution in [0.1, 0.15) is 11.1 Å². The molecule has 0 amide bonds. The molecule has 0 spiro atoms. The van der Waals surface area contributed by atoms with E-state index in [4.69, 9.17) is 10.8 Å². The highest BCUT2D eigenvalue weighted by molar-refractivity contribution is 9.08. The molecule has 74 valence electrons. The predicted molar refractivity (Wildman–Crippen MR) is 64.8 cm³/mol. The van der Waals surface area contributed by atoms with Gasteiger partial charge < -0.3 is 10.8 Å². The van der Waals surface area contributed by atoms with Crippen LogP contribution in [-0.4, -0.2) is 5.11 Å². The summed E-state index contributed by atoms with van der Waals surface area (Å²) in [7, 11) is 0. The standard InChI is InChI=1S/C10H10BrNOS/c11-3-6-1-8(12)10-7(4-13)5-14-9(10)2-6/h1-2,5,13H,3-4,12H2. The maximum atomic E-state index is 9.12. The van der Waals surface area contributed by atoms with Gasteiger partial charge >= 0.3 is 0 Å². The number of nitrogen functional groups attached to an aromatic ring is 1. The second-order valence-corrected chi connectivity index (χ2v) is 4.58. The van der Waals surface area contributed by atoms with Gasteiger partial charge in [0, 0.05) is 21.1 Å². The predicted octanol–water partition coefficient (Wildman–Crippen LogP) is 2.87. The minimum atomic E-state index is 0.0534. The van der Waals surface area contributed by atoms with Crippen molar-refractivity contribution >= 4 is 43.0 Å². The van der Waals surface area contributed by atoms with E-state index in [0.29, 0.717) is 0 Å². The molecule has 0 aliphatic carbocycles. The Labute approximate surface area is 94.5 Å². The molecule has 1 aromatic carbocycles. The molecule has 0 saturated heterocycles. The van der Waals surface area contributed by atoms with E-state index < -0.39 is 0 Å². The Morgan fingerprint density at radius 3 is 2.86 bits per heavy atom. The first kappa shape index (κ1) is 9.96. The Balaban J connectivity index is 2.72. The maximum Gasteiger partial charge on any atom is 0.0696 e. The number of alkyl halides is 1. The molecule has 0 aliphatic heterocycles. The van der Waals surface area contributed by atoms with Crippen molar-refractivity contribution in [3.63, 3.8) is 0 Å². The SMILES string of the molecule is Nc1cc(CBr)cc2scc(CO)c12. The highest BCUT2D eigenvalue weighted by Crippen LogP contribution is 2.32. The van der Waals surface area contributed by atoms with Crippen LogP contribution in [0.25, 0.3) is 10.1 Å². The number of hydrogen-bond acceptors (Lipinski definition) is 3. The van der Waals surface area contributed by atoms with Crippen LogP contribution >= 0.6 is 27.3 Å². The Bertz CT molecular complexity index is 466. The summed E-state index contributed by atoms with van der Waals surface area (Å²) in [5, 5.41) is 12.9. The van der Waals surface area contributed by atoms with Crippen molar-refractivity contribution in [3.05, 3.63) is 28.6 Å². The number of rotatable bonds is 2. The van der Waals surface area contributed by atoms with Crippen LogP contribution in [0.4, 0.5) is 5.69 Å². The van der Waals surface area contributed by atoms with Crippen LogP contribution < -0.4 is 5.73 Å². The Morgan fingerprint density at radius 1 is 1.43 bits per heavy atom. The minimum absolute atomic E-state index is 0.0534. The molecule has 4 heteroatoms. The average Bonchev–Trinajstić information content (AvgIpc) is 2.61. The Morgan fingerprint density at radius 2 is 2.21 bits per heavy atom. The molecule has 0 fully saturated rings. The zero-order valence-corrected chi connectivity index (χ0v) is 9.86. The molecule has 0 unspecified atom stereocenters. The molecule has 0 bridgehead atoms. The summed E-state index contributed by atoms with van der Waals surface area (Å²) in [6.07, 6.45) is 0. The lowest BCUT2D eigenvalue weighted by atomic mass is 10.1. The van der Waals surface area contributed by atoms with Gasteiger partial charge in [-0.05, 0) is 28.6 Å². The topological polar surface area (TPSA) is 46.2 Å². The summed E-state index contributed by atoms with van der Waals surface area (Å²) in [4.78, 5) is 0. The van der Waals surface area contributed by atoms with Gasteiger partial charge in [0.15, 0.2) is 0 Å². The number of benzene rings is 1. The fourth-order valence-corrected chi connectivity index (χ4v) is 2.89. The number of aliphatic hydroxyl groups is 1. The van der Waals surface area contributed by atoms with Gasteiger partial charge in [0.25, 0.3) is 0 Å². The van der Waals surface area contributed by atoms with Crippen molar-refractivity contribution in [3.8, 4) is 0 Å². The summed E-state index contributed by atoms with van der Waals surface area (Å²) in [5.74, 6) is 0. The van der Waals surface area contributed by atoms with E-state index in [9.17, 15) is 0 Å². The summed E-state index contributed by atoms with van der Waals surface area (Å²) in [5.41, 5.74) is 8.77. The molecule has 14 heavy (non-hydrogen) atoms. The first-order chi connectivity index (χ1) is 6.76. The van der Waals surface area contributed by atoms with Crippen LogP contribution in [0, 0.1) is 0 Å². The summed E-state index contributed by atoms with van der Waals surface area (Å²) < 4.78 is 1.14. The first-order valence-electron chi connectivity index (χ1n) is 4.21. The number of halogens is 1. The molecular weight excluding hydrogens is 262 g/mol. The lowest BCUT2D eigenvalue weighted by molar-refractivity contribution is 0.284. The molecule has 1 aromatic heterocycles. The van der Waals surface area contributed by atoms with E-state index in [1.54, 1.807) is 11.3 Å². The lowest BCUT2D eigenvalue weighted by Crippen LogP contribution is -1.90. The van der Waals surface area contributed by atoms with Gasteiger partial charge in [0.1, 0.15) is 0 Å². The summed E-state index contributed by atoms with van der Waals surface area (Å²) in [6, 6.07) is 4.05. The van der Waals surface area contributed by atoms with Crippen molar-refractivity contribution in [2.45, 2.75) is 11.9 Å². The number of fused-ring (bicyclic) bond motifs is 1. The van der Waals surface area contributed by atoms with Crippen LogP contribution in [0.2, 0.25) is 0 Å². The van der Waals surface area contributed by atoms with Gasteiger partial charge in [-0.3, -0.25) is 0 Å². The number of thiophene rings is 1. The van der Waals surface area contributed by atoms with E-state index in [2.05, 4.69) is 22.0 Å². The minimum Gasteiger partial charge on any atom is -0.398 e.